The molecule has 20 heavy (non-hydrogen) atoms. The summed E-state index contributed by atoms with van der Waals surface area (Å²) in [6, 6.07) is 5.31. The highest BCUT2D eigenvalue weighted by atomic mass is 79.9. The van der Waals surface area contributed by atoms with Crippen molar-refractivity contribution in [3.05, 3.63) is 28.7 Å². The summed E-state index contributed by atoms with van der Waals surface area (Å²) in [5.41, 5.74) is 0. The molecule has 0 bridgehead atoms. The number of carbonyl (C=O) groups is 1. The Labute approximate surface area is 127 Å². The predicted octanol–water partition coefficient (Wildman–Crippen LogP) is 2.32. The molecule has 0 heterocycles. The van der Waals surface area contributed by atoms with E-state index < -0.39 is 22.0 Å². The largest absolute Gasteiger partial charge is 0.468 e. The molecule has 5 nitrogen and oxygen atoms in total. The van der Waals surface area contributed by atoms with Crippen molar-refractivity contribution in [1.82, 2.24) is 4.72 Å². The van der Waals surface area contributed by atoms with E-state index >= 15 is 0 Å². The normalized spacial score (nSPS) is 14.6. The molecule has 1 N–H and O–H groups in total. The van der Waals surface area contributed by atoms with Crippen LogP contribution >= 0.6 is 15.9 Å². The molecule has 112 valence electrons. The van der Waals surface area contributed by atoms with Gasteiger partial charge in [0.2, 0.25) is 10.0 Å². The lowest BCUT2D eigenvalue weighted by molar-refractivity contribution is -0.143. The maximum atomic E-state index is 12.3. The fraction of sp³-hybridized carbons (Fsp3) is 0.462. The third-order valence-corrected chi connectivity index (χ3v) is 5.06. The number of sulfonamides is 1. The summed E-state index contributed by atoms with van der Waals surface area (Å²) in [6.45, 7) is 3.68. The summed E-state index contributed by atoms with van der Waals surface area (Å²) in [5, 5.41) is 0. The number of ether oxygens (including phenoxy) is 1. The molecular formula is C13H18BrNO4S. The van der Waals surface area contributed by atoms with Gasteiger partial charge in [-0.3, -0.25) is 4.79 Å². The smallest absolute Gasteiger partial charge is 0.324 e. The monoisotopic (exact) mass is 363 g/mol. The number of esters is 1. The number of halogens is 1. The average molecular weight is 364 g/mol. The van der Waals surface area contributed by atoms with Crippen molar-refractivity contribution in [3.63, 3.8) is 0 Å². The van der Waals surface area contributed by atoms with Crippen LogP contribution < -0.4 is 4.72 Å². The van der Waals surface area contributed by atoms with Crippen molar-refractivity contribution in [2.24, 2.45) is 5.92 Å². The number of hydrogen-bond acceptors (Lipinski definition) is 4. The van der Waals surface area contributed by atoms with Crippen LogP contribution in [0.5, 0.6) is 0 Å². The van der Waals surface area contributed by atoms with Gasteiger partial charge in [0.25, 0.3) is 0 Å². The van der Waals surface area contributed by atoms with Crippen molar-refractivity contribution >= 4 is 31.9 Å². The molecule has 1 aromatic carbocycles. The van der Waals surface area contributed by atoms with Crippen LogP contribution in [0, 0.1) is 5.92 Å². The highest BCUT2D eigenvalue weighted by Crippen LogP contribution is 2.17. The van der Waals surface area contributed by atoms with Crippen molar-refractivity contribution in [3.8, 4) is 0 Å². The summed E-state index contributed by atoms with van der Waals surface area (Å²) in [6.07, 6.45) is 0.655. The van der Waals surface area contributed by atoms with E-state index in [1.165, 1.54) is 19.2 Å². The molecule has 0 aliphatic heterocycles. The van der Waals surface area contributed by atoms with E-state index in [0.29, 0.717) is 6.42 Å². The molecule has 2 atom stereocenters. The first-order valence-electron chi connectivity index (χ1n) is 6.17. The highest BCUT2D eigenvalue weighted by molar-refractivity contribution is 9.10. The zero-order chi connectivity index (χ0) is 15.3. The standard InChI is InChI=1S/C13H18BrNO4S/c1-4-9(2)12(13(16)19-3)15-20(17,18)11-7-5-10(14)6-8-11/h5-9,12,15H,4H2,1-3H3/t9-,12-/m0/s1. The Morgan fingerprint density at radius 1 is 1.35 bits per heavy atom. The predicted molar refractivity (Wildman–Crippen MR) is 79.7 cm³/mol. The Morgan fingerprint density at radius 2 is 1.90 bits per heavy atom. The van der Waals surface area contributed by atoms with Crippen LogP contribution in [0.25, 0.3) is 0 Å². The van der Waals surface area contributed by atoms with E-state index in [0.717, 1.165) is 4.47 Å². The van der Waals surface area contributed by atoms with Gasteiger partial charge < -0.3 is 4.74 Å². The molecule has 0 spiro atoms. The minimum Gasteiger partial charge on any atom is -0.468 e. The van der Waals surface area contributed by atoms with Crippen molar-refractivity contribution < 1.29 is 17.9 Å². The quantitative estimate of drug-likeness (QED) is 0.787. The first-order valence-corrected chi connectivity index (χ1v) is 8.45. The van der Waals surface area contributed by atoms with Gasteiger partial charge in [-0.2, -0.15) is 4.72 Å². The molecule has 0 unspecified atom stereocenters. The van der Waals surface area contributed by atoms with Crippen LogP contribution in [0.3, 0.4) is 0 Å². The number of carbonyl (C=O) groups excluding carboxylic acids is 1. The minimum absolute atomic E-state index is 0.109. The van der Waals surface area contributed by atoms with E-state index in [-0.39, 0.29) is 10.8 Å². The van der Waals surface area contributed by atoms with Crippen LogP contribution in [-0.2, 0) is 19.6 Å². The maximum Gasteiger partial charge on any atom is 0.324 e. The van der Waals surface area contributed by atoms with Gasteiger partial charge in [0.05, 0.1) is 12.0 Å². The lowest BCUT2D eigenvalue weighted by atomic mass is 10.0. The molecule has 0 aliphatic rings. The molecule has 0 saturated carbocycles. The number of rotatable bonds is 6. The Hall–Kier alpha value is -0.920. The Kier molecular flexibility index (Phi) is 6.16. The number of methoxy groups -OCH3 is 1. The molecule has 1 rings (SSSR count). The van der Waals surface area contributed by atoms with Gasteiger partial charge in [-0.15, -0.1) is 0 Å². The minimum atomic E-state index is -3.76. The molecule has 7 heteroatoms. The maximum absolute atomic E-state index is 12.3. The number of benzene rings is 1. The lowest BCUT2D eigenvalue weighted by Gasteiger charge is -2.21. The zero-order valence-electron chi connectivity index (χ0n) is 11.6. The summed E-state index contributed by atoms with van der Waals surface area (Å²) in [7, 11) is -2.52. The summed E-state index contributed by atoms with van der Waals surface area (Å²) in [4.78, 5) is 11.8. The highest BCUT2D eigenvalue weighted by Gasteiger charge is 2.30. The zero-order valence-corrected chi connectivity index (χ0v) is 14.0. The lowest BCUT2D eigenvalue weighted by Crippen LogP contribution is -2.45. The van der Waals surface area contributed by atoms with Crippen LogP contribution in [0.15, 0.2) is 33.6 Å². The topological polar surface area (TPSA) is 72.5 Å². The second-order valence-electron chi connectivity index (χ2n) is 4.46. The molecule has 0 amide bonds. The Morgan fingerprint density at radius 3 is 2.35 bits per heavy atom. The summed E-state index contributed by atoms with van der Waals surface area (Å²) < 4.78 is 32.4. The molecule has 1 aromatic rings. The first-order chi connectivity index (χ1) is 9.31. The van der Waals surface area contributed by atoms with Gasteiger partial charge >= 0.3 is 5.97 Å². The van der Waals surface area contributed by atoms with Crippen LogP contribution in [0.2, 0.25) is 0 Å². The Balaban J connectivity index is 3.02. The van der Waals surface area contributed by atoms with Crippen molar-refractivity contribution in [2.45, 2.75) is 31.2 Å². The summed E-state index contributed by atoms with van der Waals surface area (Å²) >= 11 is 3.24. The number of hydrogen-bond donors (Lipinski definition) is 1. The first kappa shape index (κ1) is 17.1. The third-order valence-electron chi connectivity index (χ3n) is 3.07. The van der Waals surface area contributed by atoms with Gasteiger partial charge in [0, 0.05) is 4.47 Å². The van der Waals surface area contributed by atoms with Crippen LogP contribution in [-0.4, -0.2) is 27.5 Å². The Bertz CT molecular complexity index is 556. The van der Waals surface area contributed by atoms with E-state index in [4.69, 9.17) is 0 Å². The molecule has 0 aliphatic carbocycles. The fourth-order valence-corrected chi connectivity index (χ4v) is 3.17. The van der Waals surface area contributed by atoms with Gasteiger partial charge in [0.15, 0.2) is 0 Å². The molecule has 0 saturated heterocycles. The second-order valence-corrected chi connectivity index (χ2v) is 7.09. The van der Waals surface area contributed by atoms with Crippen molar-refractivity contribution in [1.29, 1.82) is 0 Å². The van der Waals surface area contributed by atoms with Crippen LogP contribution in [0.4, 0.5) is 0 Å². The second kappa shape index (κ2) is 7.19. The third kappa shape index (κ3) is 4.29. The fourth-order valence-electron chi connectivity index (χ4n) is 1.61. The summed E-state index contributed by atoms with van der Waals surface area (Å²) in [5.74, 6) is -0.743. The van der Waals surface area contributed by atoms with E-state index in [1.807, 2.05) is 6.92 Å². The average Bonchev–Trinajstić information content (AvgIpc) is 2.43. The van der Waals surface area contributed by atoms with E-state index in [9.17, 15) is 13.2 Å². The van der Waals surface area contributed by atoms with Gasteiger partial charge in [-0.1, -0.05) is 36.2 Å². The van der Waals surface area contributed by atoms with E-state index in [1.54, 1.807) is 19.1 Å². The molecule has 0 fully saturated rings. The van der Waals surface area contributed by atoms with Gasteiger partial charge in [-0.25, -0.2) is 8.42 Å². The molecule has 0 aromatic heterocycles. The molecule has 0 radical (unpaired) electrons. The van der Waals surface area contributed by atoms with Crippen LogP contribution in [0.1, 0.15) is 20.3 Å². The van der Waals surface area contributed by atoms with Gasteiger partial charge in [-0.05, 0) is 30.2 Å². The van der Waals surface area contributed by atoms with Gasteiger partial charge in [0.1, 0.15) is 6.04 Å². The molecular weight excluding hydrogens is 346 g/mol. The van der Waals surface area contributed by atoms with Crippen molar-refractivity contribution in [2.75, 3.05) is 7.11 Å². The SMILES string of the molecule is CC[C@H](C)[C@H](NS(=O)(=O)c1ccc(Br)cc1)C(=O)OC. The van der Waals surface area contributed by atoms with E-state index in [2.05, 4.69) is 25.4 Å². The number of nitrogens with one attached hydrogen (secondary N) is 1.